The lowest BCUT2D eigenvalue weighted by Crippen LogP contribution is -2.43. The molecular weight excluding hydrogens is 386 g/mol. The van der Waals surface area contributed by atoms with Crippen LogP contribution in [0.25, 0.3) is 10.8 Å². The summed E-state index contributed by atoms with van der Waals surface area (Å²) in [5, 5.41) is 8.80. The molecule has 1 aliphatic heterocycles. The van der Waals surface area contributed by atoms with Crippen molar-refractivity contribution in [2.45, 2.75) is 45.2 Å². The summed E-state index contributed by atoms with van der Waals surface area (Å²) >= 11 is 3.44. The van der Waals surface area contributed by atoms with Crippen molar-refractivity contribution >= 4 is 32.6 Å². The summed E-state index contributed by atoms with van der Waals surface area (Å²) in [7, 11) is 0. The molecule has 0 spiro atoms. The number of benzene rings is 1. The number of fused-ring (bicyclic) bond motifs is 1. The van der Waals surface area contributed by atoms with E-state index in [2.05, 4.69) is 26.3 Å². The largest absolute Gasteiger partial charge is 0.379 e. The first-order valence-corrected chi connectivity index (χ1v) is 9.32. The lowest BCUT2D eigenvalue weighted by molar-refractivity contribution is -0.123. The standard InChI is InChI=1S/C18H22BrN3O3/c1-11(2)17-15-8-12(19)5-6-14(15)18(24)22(21-17)9-16(23)20-13-4-3-7-25-10-13/h5-6,8,11,13H,3-4,7,9-10H2,1-2H3,(H,20,23)/t13-/m1/s1. The van der Waals surface area contributed by atoms with Gasteiger partial charge in [-0.2, -0.15) is 5.10 Å². The van der Waals surface area contributed by atoms with Crippen molar-refractivity contribution in [1.29, 1.82) is 0 Å². The van der Waals surface area contributed by atoms with Gasteiger partial charge in [-0.3, -0.25) is 9.59 Å². The van der Waals surface area contributed by atoms with Crippen molar-refractivity contribution in [2.75, 3.05) is 13.2 Å². The molecule has 1 aliphatic rings. The minimum Gasteiger partial charge on any atom is -0.379 e. The molecule has 6 nitrogen and oxygen atoms in total. The summed E-state index contributed by atoms with van der Waals surface area (Å²) in [5.74, 6) is -0.0743. The lowest BCUT2D eigenvalue weighted by Gasteiger charge is -2.23. The average molecular weight is 408 g/mol. The van der Waals surface area contributed by atoms with E-state index in [-0.39, 0.29) is 30.0 Å². The van der Waals surface area contributed by atoms with Gasteiger partial charge >= 0.3 is 0 Å². The van der Waals surface area contributed by atoms with Crippen LogP contribution in [-0.2, 0) is 16.1 Å². The Bertz CT molecular complexity index is 841. The van der Waals surface area contributed by atoms with Gasteiger partial charge in [0.1, 0.15) is 6.54 Å². The maximum absolute atomic E-state index is 12.7. The summed E-state index contributed by atoms with van der Waals surface area (Å²) in [4.78, 5) is 25.1. The highest BCUT2D eigenvalue weighted by atomic mass is 79.9. The number of nitrogens with zero attached hydrogens (tertiary/aromatic N) is 2. The average Bonchev–Trinajstić information content (AvgIpc) is 2.57. The number of carbonyl (C=O) groups excluding carboxylic acids is 1. The molecule has 2 aromatic rings. The van der Waals surface area contributed by atoms with Crippen LogP contribution in [0.4, 0.5) is 0 Å². The minimum absolute atomic E-state index is 0.0120. The fourth-order valence-electron chi connectivity index (χ4n) is 3.08. The quantitative estimate of drug-likeness (QED) is 0.844. The van der Waals surface area contributed by atoms with Gasteiger partial charge in [-0.1, -0.05) is 29.8 Å². The van der Waals surface area contributed by atoms with Crippen LogP contribution < -0.4 is 10.9 Å². The molecule has 1 fully saturated rings. The molecule has 0 radical (unpaired) electrons. The Kier molecular flexibility index (Phi) is 5.54. The lowest BCUT2D eigenvalue weighted by atomic mass is 10.0. The zero-order chi connectivity index (χ0) is 18.0. The number of hydrogen-bond donors (Lipinski definition) is 1. The zero-order valence-electron chi connectivity index (χ0n) is 14.4. The van der Waals surface area contributed by atoms with Crippen molar-refractivity contribution in [3.05, 3.63) is 38.7 Å². The Morgan fingerprint density at radius 1 is 1.44 bits per heavy atom. The number of carbonyl (C=O) groups is 1. The monoisotopic (exact) mass is 407 g/mol. The van der Waals surface area contributed by atoms with Gasteiger partial charge in [0.15, 0.2) is 0 Å². The zero-order valence-corrected chi connectivity index (χ0v) is 16.0. The van der Waals surface area contributed by atoms with Crippen LogP contribution in [-0.4, -0.2) is 34.9 Å². The molecule has 1 amide bonds. The molecule has 1 aromatic carbocycles. The number of halogens is 1. The van der Waals surface area contributed by atoms with Crippen LogP contribution in [0.15, 0.2) is 27.5 Å². The number of amides is 1. The fraction of sp³-hybridized carbons (Fsp3) is 0.500. The Hall–Kier alpha value is -1.73. The van der Waals surface area contributed by atoms with Gasteiger partial charge in [0, 0.05) is 16.5 Å². The SMILES string of the molecule is CC(C)c1nn(CC(=O)N[C@@H]2CCCOC2)c(=O)c2ccc(Br)cc12. The number of rotatable bonds is 4. The molecular formula is C18H22BrN3O3. The van der Waals surface area contributed by atoms with Gasteiger partial charge in [0.2, 0.25) is 5.91 Å². The molecule has 0 unspecified atom stereocenters. The second-order valence-electron chi connectivity index (χ2n) is 6.67. The molecule has 2 heterocycles. The summed E-state index contributed by atoms with van der Waals surface area (Å²) in [6.45, 7) is 5.23. The van der Waals surface area contributed by atoms with Crippen molar-refractivity contribution < 1.29 is 9.53 Å². The van der Waals surface area contributed by atoms with Gasteiger partial charge in [0.25, 0.3) is 5.56 Å². The molecule has 0 bridgehead atoms. The van der Waals surface area contributed by atoms with Crippen LogP contribution in [0, 0.1) is 0 Å². The van der Waals surface area contributed by atoms with E-state index in [1.54, 1.807) is 6.07 Å². The first kappa shape index (κ1) is 18.1. The molecule has 0 saturated carbocycles. The minimum atomic E-state index is -0.248. The number of aromatic nitrogens is 2. The van der Waals surface area contributed by atoms with Crippen molar-refractivity contribution in [1.82, 2.24) is 15.1 Å². The molecule has 7 heteroatoms. The van der Waals surface area contributed by atoms with Gasteiger partial charge in [0.05, 0.1) is 23.7 Å². The molecule has 1 aromatic heterocycles. The van der Waals surface area contributed by atoms with E-state index in [0.717, 1.165) is 35.0 Å². The van der Waals surface area contributed by atoms with E-state index in [1.807, 2.05) is 26.0 Å². The molecule has 134 valence electrons. The third-order valence-electron chi connectivity index (χ3n) is 4.32. The highest BCUT2D eigenvalue weighted by Crippen LogP contribution is 2.24. The molecule has 1 N–H and O–H groups in total. The first-order chi connectivity index (χ1) is 12.0. The van der Waals surface area contributed by atoms with Crippen molar-refractivity contribution in [3.8, 4) is 0 Å². The van der Waals surface area contributed by atoms with E-state index in [0.29, 0.717) is 12.0 Å². The second-order valence-corrected chi connectivity index (χ2v) is 7.59. The van der Waals surface area contributed by atoms with Gasteiger partial charge in [-0.05, 0) is 37.0 Å². The van der Waals surface area contributed by atoms with E-state index in [9.17, 15) is 9.59 Å². The normalized spacial score (nSPS) is 17.8. The Balaban J connectivity index is 1.90. The van der Waals surface area contributed by atoms with Gasteiger partial charge in [-0.25, -0.2) is 4.68 Å². The summed E-state index contributed by atoms with van der Waals surface area (Å²) in [5.41, 5.74) is 0.562. The third-order valence-corrected chi connectivity index (χ3v) is 4.81. The fourth-order valence-corrected chi connectivity index (χ4v) is 3.44. The summed E-state index contributed by atoms with van der Waals surface area (Å²) in [6.07, 6.45) is 1.84. The van der Waals surface area contributed by atoms with Crippen LogP contribution in [0.1, 0.15) is 38.3 Å². The smallest absolute Gasteiger partial charge is 0.275 e. The molecule has 1 saturated heterocycles. The van der Waals surface area contributed by atoms with Crippen LogP contribution in [0.2, 0.25) is 0 Å². The van der Waals surface area contributed by atoms with Crippen LogP contribution in [0.3, 0.4) is 0 Å². The third kappa shape index (κ3) is 4.10. The maximum Gasteiger partial charge on any atom is 0.275 e. The number of nitrogens with one attached hydrogen (secondary N) is 1. The molecule has 3 rings (SSSR count). The highest BCUT2D eigenvalue weighted by Gasteiger charge is 2.19. The Morgan fingerprint density at radius 3 is 2.92 bits per heavy atom. The number of hydrogen-bond acceptors (Lipinski definition) is 4. The second kappa shape index (κ2) is 7.66. The number of ether oxygens (including phenoxy) is 1. The van der Waals surface area contributed by atoms with E-state index >= 15 is 0 Å². The predicted octanol–water partition coefficient (Wildman–Crippen LogP) is 2.58. The van der Waals surface area contributed by atoms with E-state index < -0.39 is 0 Å². The predicted molar refractivity (Wildman–Crippen MR) is 99.8 cm³/mol. The molecule has 25 heavy (non-hydrogen) atoms. The molecule has 1 atom stereocenters. The first-order valence-electron chi connectivity index (χ1n) is 8.53. The highest BCUT2D eigenvalue weighted by molar-refractivity contribution is 9.10. The van der Waals surface area contributed by atoms with Crippen LogP contribution in [0.5, 0.6) is 0 Å². The topological polar surface area (TPSA) is 73.2 Å². The van der Waals surface area contributed by atoms with E-state index in [1.165, 1.54) is 4.68 Å². The summed E-state index contributed by atoms with van der Waals surface area (Å²) < 4.78 is 7.54. The van der Waals surface area contributed by atoms with E-state index in [4.69, 9.17) is 4.74 Å². The van der Waals surface area contributed by atoms with Crippen LogP contribution >= 0.6 is 15.9 Å². The molecule has 0 aliphatic carbocycles. The maximum atomic E-state index is 12.7. The Morgan fingerprint density at radius 2 is 2.24 bits per heavy atom. The van der Waals surface area contributed by atoms with Crippen molar-refractivity contribution in [2.24, 2.45) is 0 Å². The Labute approximate surface area is 154 Å². The van der Waals surface area contributed by atoms with Gasteiger partial charge < -0.3 is 10.1 Å². The van der Waals surface area contributed by atoms with Crippen molar-refractivity contribution in [3.63, 3.8) is 0 Å². The van der Waals surface area contributed by atoms with Gasteiger partial charge in [-0.15, -0.1) is 0 Å². The summed E-state index contributed by atoms with van der Waals surface area (Å²) in [6, 6.07) is 5.53.